The summed E-state index contributed by atoms with van der Waals surface area (Å²) in [5, 5.41) is 18.3. The third kappa shape index (κ3) is 3.66. The lowest BCUT2D eigenvalue weighted by atomic mass is 10.1. The normalized spacial score (nSPS) is 10.0. The molecule has 0 bridgehead atoms. The summed E-state index contributed by atoms with van der Waals surface area (Å²) in [7, 11) is 0. The van der Waals surface area contributed by atoms with Crippen LogP contribution in [0.4, 0.5) is 8.78 Å². The minimum absolute atomic E-state index is 0.0360. The van der Waals surface area contributed by atoms with Gasteiger partial charge in [-0.3, -0.25) is 0 Å². The molecule has 3 rings (SSSR count). The van der Waals surface area contributed by atoms with Gasteiger partial charge in [0.2, 0.25) is 0 Å². The molecule has 0 saturated heterocycles. The van der Waals surface area contributed by atoms with Gasteiger partial charge in [-0.2, -0.15) is 10.5 Å². The molecule has 0 atom stereocenters. The molecular formula is C20H10F2N2OS. The summed E-state index contributed by atoms with van der Waals surface area (Å²) in [6.45, 7) is 0. The first-order valence-electron chi connectivity index (χ1n) is 7.45. The Bertz CT molecular complexity index is 1040. The molecule has 0 unspecified atom stereocenters. The van der Waals surface area contributed by atoms with Crippen molar-refractivity contribution in [3.63, 3.8) is 0 Å². The Labute approximate surface area is 153 Å². The first-order chi connectivity index (χ1) is 12.6. The van der Waals surface area contributed by atoms with Gasteiger partial charge in [0, 0.05) is 11.0 Å². The van der Waals surface area contributed by atoms with E-state index in [0.29, 0.717) is 0 Å². The summed E-state index contributed by atoms with van der Waals surface area (Å²) in [6, 6.07) is 19.5. The summed E-state index contributed by atoms with van der Waals surface area (Å²) in [5.74, 6) is -1.89. The maximum atomic E-state index is 14.1. The van der Waals surface area contributed by atoms with Gasteiger partial charge in [0.1, 0.15) is 29.2 Å². The van der Waals surface area contributed by atoms with Crippen LogP contribution in [0, 0.1) is 34.3 Å². The number of ether oxygens (including phenoxy) is 1. The molecular weight excluding hydrogens is 354 g/mol. The molecule has 0 aliphatic rings. The van der Waals surface area contributed by atoms with Crippen molar-refractivity contribution in [1.82, 2.24) is 0 Å². The van der Waals surface area contributed by atoms with E-state index in [1.807, 2.05) is 18.2 Å². The molecule has 0 N–H and O–H groups in total. The maximum absolute atomic E-state index is 14.1. The highest BCUT2D eigenvalue weighted by Gasteiger charge is 2.15. The Morgan fingerprint density at radius 1 is 0.885 bits per heavy atom. The van der Waals surface area contributed by atoms with Gasteiger partial charge in [0.05, 0.1) is 10.5 Å². The molecule has 0 spiro atoms. The molecule has 26 heavy (non-hydrogen) atoms. The lowest BCUT2D eigenvalue weighted by molar-refractivity contribution is 0.451. The number of rotatable bonds is 4. The Balaban J connectivity index is 1.98. The van der Waals surface area contributed by atoms with Crippen LogP contribution in [-0.4, -0.2) is 0 Å². The molecule has 0 radical (unpaired) electrons. The molecule has 0 aliphatic heterocycles. The molecule has 0 fully saturated rings. The van der Waals surface area contributed by atoms with E-state index in [9.17, 15) is 14.0 Å². The fraction of sp³-hybridized carbons (Fsp3) is 0. The van der Waals surface area contributed by atoms with Gasteiger partial charge in [-0.05, 0) is 30.3 Å². The second-order valence-corrected chi connectivity index (χ2v) is 6.25. The summed E-state index contributed by atoms with van der Waals surface area (Å²) in [4.78, 5) is 0.799. The van der Waals surface area contributed by atoms with E-state index in [1.54, 1.807) is 30.3 Å². The standard InChI is InChI=1S/C20H10F2N2OS/c21-17-9-14(25-18-8-4-5-13(11-23)16(18)12-24)10-19(20(17)22)26-15-6-2-1-3-7-15/h1-10H. The van der Waals surface area contributed by atoms with E-state index in [1.165, 1.54) is 18.2 Å². The summed E-state index contributed by atoms with van der Waals surface area (Å²) in [5.41, 5.74) is 0.184. The molecule has 3 nitrogen and oxygen atoms in total. The largest absolute Gasteiger partial charge is 0.456 e. The number of hydrogen-bond donors (Lipinski definition) is 0. The van der Waals surface area contributed by atoms with Crippen LogP contribution >= 0.6 is 11.8 Å². The van der Waals surface area contributed by atoms with Crippen LogP contribution in [0.5, 0.6) is 11.5 Å². The van der Waals surface area contributed by atoms with Gasteiger partial charge in [0.25, 0.3) is 0 Å². The molecule has 0 saturated carbocycles. The summed E-state index contributed by atoms with van der Waals surface area (Å²) < 4.78 is 33.7. The van der Waals surface area contributed by atoms with Crippen molar-refractivity contribution in [2.24, 2.45) is 0 Å². The zero-order valence-corrected chi connectivity index (χ0v) is 14.1. The van der Waals surface area contributed by atoms with Crippen LogP contribution in [0.15, 0.2) is 70.5 Å². The molecule has 0 aliphatic carbocycles. The van der Waals surface area contributed by atoms with Gasteiger partial charge < -0.3 is 4.74 Å². The van der Waals surface area contributed by atoms with Crippen molar-refractivity contribution in [3.05, 3.63) is 83.4 Å². The Hall–Kier alpha value is -3.35. The zero-order valence-electron chi connectivity index (χ0n) is 13.2. The van der Waals surface area contributed by atoms with Crippen molar-refractivity contribution in [3.8, 4) is 23.6 Å². The average molecular weight is 364 g/mol. The number of benzene rings is 3. The van der Waals surface area contributed by atoms with Crippen molar-refractivity contribution in [2.75, 3.05) is 0 Å². The fourth-order valence-electron chi connectivity index (χ4n) is 2.24. The van der Waals surface area contributed by atoms with Gasteiger partial charge in [0.15, 0.2) is 11.6 Å². The Morgan fingerprint density at radius 3 is 2.35 bits per heavy atom. The number of hydrogen-bond acceptors (Lipinski definition) is 4. The monoisotopic (exact) mass is 364 g/mol. The summed E-state index contributed by atoms with van der Waals surface area (Å²) in [6.07, 6.45) is 0. The quantitative estimate of drug-likeness (QED) is 0.600. The third-order valence-corrected chi connectivity index (χ3v) is 4.45. The second-order valence-electron chi connectivity index (χ2n) is 5.14. The van der Waals surface area contributed by atoms with Gasteiger partial charge >= 0.3 is 0 Å². The highest BCUT2D eigenvalue weighted by molar-refractivity contribution is 7.99. The highest BCUT2D eigenvalue weighted by atomic mass is 32.2. The van der Waals surface area contributed by atoms with Crippen molar-refractivity contribution >= 4 is 11.8 Å². The number of nitriles is 2. The lowest BCUT2D eigenvalue weighted by Gasteiger charge is -2.11. The van der Waals surface area contributed by atoms with Crippen LogP contribution in [0.3, 0.4) is 0 Å². The summed E-state index contributed by atoms with van der Waals surface area (Å²) >= 11 is 1.06. The lowest BCUT2D eigenvalue weighted by Crippen LogP contribution is -1.95. The molecule has 126 valence electrons. The Morgan fingerprint density at radius 2 is 1.65 bits per heavy atom. The zero-order chi connectivity index (χ0) is 18.5. The number of halogens is 2. The Kier molecular flexibility index (Phi) is 5.17. The average Bonchev–Trinajstić information content (AvgIpc) is 2.66. The third-order valence-electron chi connectivity index (χ3n) is 3.43. The van der Waals surface area contributed by atoms with E-state index >= 15 is 0 Å². The maximum Gasteiger partial charge on any atom is 0.172 e. The van der Waals surface area contributed by atoms with Crippen molar-refractivity contribution < 1.29 is 13.5 Å². The van der Waals surface area contributed by atoms with Crippen molar-refractivity contribution in [2.45, 2.75) is 9.79 Å². The van der Waals surface area contributed by atoms with Crippen LogP contribution in [0.1, 0.15) is 11.1 Å². The first kappa shape index (κ1) is 17.5. The van der Waals surface area contributed by atoms with Gasteiger partial charge in [-0.1, -0.05) is 36.0 Å². The highest BCUT2D eigenvalue weighted by Crippen LogP contribution is 2.36. The second kappa shape index (κ2) is 7.69. The van der Waals surface area contributed by atoms with Crippen LogP contribution in [0.2, 0.25) is 0 Å². The number of nitrogens with zero attached hydrogens (tertiary/aromatic N) is 2. The van der Waals surface area contributed by atoms with Gasteiger partial charge in [-0.15, -0.1) is 0 Å². The van der Waals surface area contributed by atoms with Gasteiger partial charge in [-0.25, -0.2) is 8.78 Å². The molecule has 0 aromatic heterocycles. The van der Waals surface area contributed by atoms with Crippen molar-refractivity contribution in [1.29, 1.82) is 10.5 Å². The van der Waals surface area contributed by atoms with E-state index in [4.69, 9.17) is 10.00 Å². The smallest absolute Gasteiger partial charge is 0.172 e. The predicted octanol–water partition coefficient (Wildman–Crippen LogP) is 5.65. The molecule has 3 aromatic carbocycles. The predicted molar refractivity (Wildman–Crippen MR) is 92.9 cm³/mol. The van der Waals surface area contributed by atoms with E-state index < -0.39 is 11.6 Å². The minimum Gasteiger partial charge on any atom is -0.456 e. The van der Waals surface area contributed by atoms with E-state index in [-0.39, 0.29) is 27.5 Å². The molecule has 0 amide bonds. The van der Waals surface area contributed by atoms with Crippen LogP contribution < -0.4 is 4.74 Å². The van der Waals surface area contributed by atoms with Crippen LogP contribution in [0.25, 0.3) is 0 Å². The SMILES string of the molecule is N#Cc1cccc(Oc2cc(F)c(F)c(Sc3ccccc3)c2)c1C#N. The van der Waals surface area contributed by atoms with Crippen LogP contribution in [-0.2, 0) is 0 Å². The van der Waals surface area contributed by atoms with E-state index in [2.05, 4.69) is 0 Å². The molecule has 6 heteroatoms. The minimum atomic E-state index is -1.06. The molecule has 3 aromatic rings. The topological polar surface area (TPSA) is 56.8 Å². The fourth-order valence-corrected chi connectivity index (χ4v) is 3.15. The molecule has 0 heterocycles. The van der Waals surface area contributed by atoms with E-state index in [0.717, 1.165) is 22.7 Å². The first-order valence-corrected chi connectivity index (χ1v) is 8.27.